The van der Waals surface area contributed by atoms with E-state index in [1.165, 1.54) is 0 Å². The normalized spacial score (nSPS) is 27.3. The maximum Gasteiger partial charge on any atom is 0.220 e. The number of carbonyl (C=O) groups excluding carboxylic acids is 1. The van der Waals surface area contributed by atoms with Crippen molar-refractivity contribution in [1.82, 2.24) is 5.32 Å². The third kappa shape index (κ3) is 2.98. The largest absolute Gasteiger partial charge is 0.489 e. The zero-order valence-electron chi connectivity index (χ0n) is 11.6. The van der Waals surface area contributed by atoms with Crippen LogP contribution in [-0.2, 0) is 4.79 Å². The Kier molecular flexibility index (Phi) is 4.29. The smallest absolute Gasteiger partial charge is 0.220 e. The molecule has 1 saturated carbocycles. The minimum absolute atomic E-state index is 0.0184. The van der Waals surface area contributed by atoms with Gasteiger partial charge in [-0.05, 0) is 24.8 Å². The van der Waals surface area contributed by atoms with Crippen molar-refractivity contribution in [2.45, 2.75) is 37.8 Å². The lowest BCUT2D eigenvalue weighted by atomic mass is 9.99. The van der Waals surface area contributed by atoms with Crippen molar-refractivity contribution < 1.29 is 9.53 Å². The quantitative estimate of drug-likeness (QED) is 0.896. The number of hydrogen-bond acceptors (Lipinski definition) is 3. The summed E-state index contributed by atoms with van der Waals surface area (Å²) < 4.78 is 5.56. The molecule has 1 fully saturated rings. The predicted octanol–water partition coefficient (Wildman–Crippen LogP) is 3.06. The van der Waals surface area contributed by atoms with Crippen LogP contribution in [0.1, 0.15) is 37.3 Å². The van der Waals surface area contributed by atoms with Crippen molar-refractivity contribution in [3.05, 3.63) is 27.7 Å². The lowest BCUT2D eigenvalue weighted by molar-refractivity contribution is -0.122. The first kappa shape index (κ1) is 14.9. The van der Waals surface area contributed by atoms with Crippen molar-refractivity contribution in [1.29, 1.82) is 0 Å². The molecule has 114 valence electrons. The molecule has 1 aromatic rings. The number of nitrogens with one attached hydrogen (secondary N) is 1. The standard InChI is InChI=1S/C15H18Cl2N2O2/c16-10-5-4-9-12(7-21-15(9)14(10)17)19-13(20)6-8-2-1-3-11(8)18/h4-5,8,11-12H,1-3,6-7,18H2,(H,19,20)/t8-,11+,12?/m0/s1. The van der Waals surface area contributed by atoms with Crippen LogP contribution in [0.5, 0.6) is 5.75 Å². The first-order valence-corrected chi connectivity index (χ1v) is 7.97. The molecule has 0 saturated heterocycles. The number of ether oxygens (including phenoxy) is 1. The average molecular weight is 329 g/mol. The van der Waals surface area contributed by atoms with E-state index >= 15 is 0 Å². The highest BCUT2D eigenvalue weighted by atomic mass is 35.5. The monoisotopic (exact) mass is 328 g/mol. The van der Waals surface area contributed by atoms with Gasteiger partial charge in [0.2, 0.25) is 5.91 Å². The van der Waals surface area contributed by atoms with E-state index < -0.39 is 0 Å². The summed E-state index contributed by atoms with van der Waals surface area (Å²) in [5.41, 5.74) is 6.89. The van der Waals surface area contributed by atoms with Gasteiger partial charge in [-0.15, -0.1) is 0 Å². The first-order chi connectivity index (χ1) is 10.1. The van der Waals surface area contributed by atoms with Gasteiger partial charge < -0.3 is 15.8 Å². The van der Waals surface area contributed by atoms with Crippen LogP contribution in [0, 0.1) is 5.92 Å². The van der Waals surface area contributed by atoms with Crippen molar-refractivity contribution in [2.75, 3.05) is 6.61 Å². The lowest BCUT2D eigenvalue weighted by Crippen LogP contribution is -2.34. The van der Waals surface area contributed by atoms with Crippen molar-refractivity contribution >= 4 is 29.1 Å². The molecular weight excluding hydrogens is 311 g/mol. The molecule has 1 aromatic carbocycles. The second-order valence-corrected chi connectivity index (χ2v) is 6.55. The van der Waals surface area contributed by atoms with Crippen LogP contribution in [-0.4, -0.2) is 18.6 Å². The molecule has 4 nitrogen and oxygen atoms in total. The Morgan fingerprint density at radius 3 is 2.90 bits per heavy atom. The van der Waals surface area contributed by atoms with Gasteiger partial charge in [0.25, 0.3) is 0 Å². The number of carbonyl (C=O) groups is 1. The number of halogens is 2. The van der Waals surface area contributed by atoms with E-state index in [0.717, 1.165) is 24.8 Å². The Labute approximate surface area is 133 Å². The molecule has 21 heavy (non-hydrogen) atoms. The summed E-state index contributed by atoms with van der Waals surface area (Å²) in [6.45, 7) is 0.387. The van der Waals surface area contributed by atoms with Gasteiger partial charge in [0.15, 0.2) is 0 Å². The van der Waals surface area contributed by atoms with Gasteiger partial charge in [-0.3, -0.25) is 4.79 Å². The van der Waals surface area contributed by atoms with Crippen LogP contribution in [0.25, 0.3) is 0 Å². The molecule has 1 unspecified atom stereocenters. The van der Waals surface area contributed by atoms with E-state index in [0.29, 0.717) is 34.7 Å². The number of benzene rings is 1. The molecule has 1 heterocycles. The highest BCUT2D eigenvalue weighted by Gasteiger charge is 2.31. The van der Waals surface area contributed by atoms with Gasteiger partial charge in [0.05, 0.1) is 11.1 Å². The van der Waals surface area contributed by atoms with Crippen molar-refractivity contribution in [2.24, 2.45) is 11.7 Å². The van der Waals surface area contributed by atoms with E-state index in [4.69, 9.17) is 33.7 Å². The summed E-state index contributed by atoms with van der Waals surface area (Å²) in [5.74, 6) is 0.887. The van der Waals surface area contributed by atoms with E-state index in [1.807, 2.05) is 6.07 Å². The SMILES string of the molecule is N[C@@H]1CCC[C@H]1CC(=O)NC1COc2c1ccc(Cl)c2Cl. The van der Waals surface area contributed by atoms with Crippen molar-refractivity contribution in [3.63, 3.8) is 0 Å². The molecule has 1 aliphatic carbocycles. The number of nitrogens with two attached hydrogens (primary N) is 1. The summed E-state index contributed by atoms with van der Waals surface area (Å²) >= 11 is 12.1. The van der Waals surface area contributed by atoms with Gasteiger partial charge in [0, 0.05) is 18.0 Å². The van der Waals surface area contributed by atoms with E-state index in [9.17, 15) is 4.79 Å². The fourth-order valence-corrected chi connectivity index (χ4v) is 3.53. The van der Waals surface area contributed by atoms with Crippen LogP contribution in [0.3, 0.4) is 0 Å². The molecule has 0 spiro atoms. The number of fused-ring (bicyclic) bond motifs is 1. The highest BCUT2D eigenvalue weighted by Crippen LogP contribution is 2.42. The zero-order valence-corrected chi connectivity index (χ0v) is 13.1. The molecule has 2 aliphatic rings. The molecule has 3 rings (SSSR count). The second-order valence-electron chi connectivity index (χ2n) is 5.77. The summed E-state index contributed by atoms with van der Waals surface area (Å²) in [7, 11) is 0. The third-order valence-electron chi connectivity index (χ3n) is 4.35. The van der Waals surface area contributed by atoms with Gasteiger partial charge in [0.1, 0.15) is 17.4 Å². The second kappa shape index (κ2) is 6.03. The van der Waals surface area contributed by atoms with E-state index in [1.54, 1.807) is 6.07 Å². The Morgan fingerprint density at radius 2 is 2.19 bits per heavy atom. The van der Waals surface area contributed by atoms with Crippen LogP contribution < -0.4 is 15.8 Å². The molecular formula is C15H18Cl2N2O2. The number of amides is 1. The number of hydrogen-bond donors (Lipinski definition) is 2. The van der Waals surface area contributed by atoms with Crippen LogP contribution >= 0.6 is 23.2 Å². The molecule has 0 radical (unpaired) electrons. The third-order valence-corrected chi connectivity index (χ3v) is 5.14. The number of rotatable bonds is 3. The summed E-state index contributed by atoms with van der Waals surface area (Å²) in [6.07, 6.45) is 3.64. The van der Waals surface area contributed by atoms with Gasteiger partial charge in [-0.1, -0.05) is 35.7 Å². The predicted molar refractivity (Wildman–Crippen MR) is 82.8 cm³/mol. The fraction of sp³-hybridized carbons (Fsp3) is 0.533. The Balaban J connectivity index is 1.65. The summed E-state index contributed by atoms with van der Waals surface area (Å²) in [6, 6.07) is 3.56. The molecule has 0 bridgehead atoms. The topological polar surface area (TPSA) is 64.4 Å². The van der Waals surface area contributed by atoms with Crippen LogP contribution in [0.4, 0.5) is 0 Å². The van der Waals surface area contributed by atoms with E-state index in [-0.39, 0.29) is 18.0 Å². The molecule has 1 aliphatic heterocycles. The maximum atomic E-state index is 12.2. The Bertz CT molecular complexity index is 565. The van der Waals surface area contributed by atoms with Gasteiger partial charge in [-0.25, -0.2) is 0 Å². The highest BCUT2D eigenvalue weighted by molar-refractivity contribution is 6.43. The first-order valence-electron chi connectivity index (χ1n) is 7.22. The minimum Gasteiger partial charge on any atom is -0.489 e. The minimum atomic E-state index is -0.167. The average Bonchev–Trinajstić information content (AvgIpc) is 3.02. The molecule has 6 heteroatoms. The van der Waals surface area contributed by atoms with Crippen LogP contribution in [0.15, 0.2) is 12.1 Å². The molecule has 1 amide bonds. The molecule has 3 atom stereocenters. The molecule has 0 aromatic heterocycles. The summed E-state index contributed by atoms with van der Waals surface area (Å²) in [4.78, 5) is 12.2. The van der Waals surface area contributed by atoms with Gasteiger partial charge in [-0.2, -0.15) is 0 Å². The van der Waals surface area contributed by atoms with E-state index in [2.05, 4.69) is 5.32 Å². The lowest BCUT2D eigenvalue weighted by Gasteiger charge is -2.17. The van der Waals surface area contributed by atoms with Gasteiger partial charge >= 0.3 is 0 Å². The van der Waals surface area contributed by atoms with Crippen molar-refractivity contribution in [3.8, 4) is 5.75 Å². The maximum absolute atomic E-state index is 12.2. The fourth-order valence-electron chi connectivity index (χ4n) is 3.15. The molecule has 3 N–H and O–H groups in total. The Hall–Kier alpha value is -0.970. The zero-order chi connectivity index (χ0) is 15.0. The Morgan fingerprint density at radius 1 is 1.38 bits per heavy atom. The summed E-state index contributed by atoms with van der Waals surface area (Å²) in [5, 5.41) is 3.87. The van der Waals surface area contributed by atoms with Crippen LogP contribution in [0.2, 0.25) is 10.0 Å².